The molecular weight excluding hydrogens is 153 g/mol. The van der Waals surface area contributed by atoms with E-state index in [-0.39, 0.29) is 0 Å². The standard InChI is InChI=1S/C10H12FN/c1-8-4-2-3-5-9(8)10(11)6-12-7-10/h2-5,12H,6-7H2,1H3. The van der Waals surface area contributed by atoms with Gasteiger partial charge in [-0.05, 0) is 18.1 Å². The van der Waals surface area contributed by atoms with Crippen LogP contribution in [0.15, 0.2) is 24.3 Å². The molecule has 1 aromatic rings. The number of aryl methyl sites for hydroxylation is 1. The van der Waals surface area contributed by atoms with Crippen LogP contribution in [0, 0.1) is 6.92 Å². The van der Waals surface area contributed by atoms with Gasteiger partial charge in [-0.2, -0.15) is 0 Å². The number of hydrogen-bond acceptors (Lipinski definition) is 1. The van der Waals surface area contributed by atoms with Crippen LogP contribution < -0.4 is 5.32 Å². The first-order valence-corrected chi connectivity index (χ1v) is 4.18. The van der Waals surface area contributed by atoms with Crippen molar-refractivity contribution >= 4 is 0 Å². The molecule has 0 bridgehead atoms. The van der Waals surface area contributed by atoms with E-state index in [1.54, 1.807) is 0 Å². The minimum Gasteiger partial charge on any atom is -0.310 e. The highest BCUT2D eigenvalue weighted by atomic mass is 19.1. The molecule has 12 heavy (non-hydrogen) atoms. The van der Waals surface area contributed by atoms with Gasteiger partial charge in [0.2, 0.25) is 0 Å². The molecule has 0 saturated carbocycles. The Morgan fingerprint density at radius 2 is 2.00 bits per heavy atom. The quantitative estimate of drug-likeness (QED) is 0.668. The predicted molar refractivity (Wildman–Crippen MR) is 46.8 cm³/mol. The largest absolute Gasteiger partial charge is 0.310 e. The summed E-state index contributed by atoms with van der Waals surface area (Å²) in [7, 11) is 0. The van der Waals surface area contributed by atoms with E-state index >= 15 is 0 Å². The molecule has 0 radical (unpaired) electrons. The van der Waals surface area contributed by atoms with E-state index in [2.05, 4.69) is 5.32 Å². The van der Waals surface area contributed by atoms with Crippen LogP contribution in [-0.4, -0.2) is 13.1 Å². The molecule has 1 fully saturated rings. The van der Waals surface area contributed by atoms with Crippen LogP contribution >= 0.6 is 0 Å². The molecule has 1 nitrogen and oxygen atoms in total. The van der Waals surface area contributed by atoms with Crippen LogP contribution in [0.2, 0.25) is 0 Å². The van der Waals surface area contributed by atoms with E-state index in [9.17, 15) is 4.39 Å². The summed E-state index contributed by atoms with van der Waals surface area (Å²) in [6.07, 6.45) is 0. The van der Waals surface area contributed by atoms with E-state index < -0.39 is 5.67 Å². The third-order valence-electron chi connectivity index (χ3n) is 2.44. The minimum atomic E-state index is -1.11. The first kappa shape index (κ1) is 7.74. The Bertz CT molecular complexity index is 292. The molecule has 1 saturated heterocycles. The van der Waals surface area contributed by atoms with Crippen molar-refractivity contribution in [3.05, 3.63) is 35.4 Å². The summed E-state index contributed by atoms with van der Waals surface area (Å²) < 4.78 is 13.8. The molecule has 1 aliphatic heterocycles. The van der Waals surface area contributed by atoms with E-state index in [0.29, 0.717) is 13.1 Å². The highest BCUT2D eigenvalue weighted by molar-refractivity contribution is 5.33. The summed E-state index contributed by atoms with van der Waals surface area (Å²) in [6.45, 7) is 2.87. The fraction of sp³-hybridized carbons (Fsp3) is 0.400. The molecule has 1 heterocycles. The van der Waals surface area contributed by atoms with E-state index in [1.807, 2.05) is 31.2 Å². The van der Waals surface area contributed by atoms with Crippen LogP contribution in [-0.2, 0) is 5.67 Å². The Balaban J connectivity index is 2.39. The number of alkyl halides is 1. The fourth-order valence-corrected chi connectivity index (χ4v) is 1.61. The number of nitrogens with one attached hydrogen (secondary N) is 1. The molecule has 0 unspecified atom stereocenters. The fourth-order valence-electron chi connectivity index (χ4n) is 1.61. The second-order valence-corrected chi connectivity index (χ2v) is 3.38. The van der Waals surface area contributed by atoms with Crippen molar-refractivity contribution < 1.29 is 4.39 Å². The van der Waals surface area contributed by atoms with Crippen molar-refractivity contribution in [2.45, 2.75) is 12.6 Å². The van der Waals surface area contributed by atoms with Crippen molar-refractivity contribution in [2.24, 2.45) is 0 Å². The second kappa shape index (κ2) is 2.56. The average molecular weight is 165 g/mol. The highest BCUT2D eigenvalue weighted by Crippen LogP contribution is 2.31. The summed E-state index contributed by atoms with van der Waals surface area (Å²) in [5.74, 6) is 0. The molecule has 0 spiro atoms. The van der Waals surface area contributed by atoms with Gasteiger partial charge in [0.05, 0.1) is 0 Å². The molecule has 0 amide bonds. The Morgan fingerprint density at radius 1 is 1.33 bits per heavy atom. The molecule has 0 aromatic heterocycles. The van der Waals surface area contributed by atoms with E-state index in [1.165, 1.54) is 0 Å². The van der Waals surface area contributed by atoms with Crippen LogP contribution in [0.1, 0.15) is 11.1 Å². The molecule has 1 N–H and O–H groups in total. The zero-order chi connectivity index (χ0) is 8.60. The van der Waals surface area contributed by atoms with Gasteiger partial charge in [-0.3, -0.25) is 0 Å². The van der Waals surface area contributed by atoms with Crippen molar-refractivity contribution in [1.29, 1.82) is 0 Å². The van der Waals surface area contributed by atoms with Crippen molar-refractivity contribution in [1.82, 2.24) is 5.32 Å². The Morgan fingerprint density at radius 3 is 2.50 bits per heavy atom. The zero-order valence-electron chi connectivity index (χ0n) is 7.10. The lowest BCUT2D eigenvalue weighted by molar-refractivity contribution is 0.0884. The van der Waals surface area contributed by atoms with Gasteiger partial charge in [0.1, 0.15) is 0 Å². The van der Waals surface area contributed by atoms with E-state index in [4.69, 9.17) is 0 Å². The summed E-state index contributed by atoms with van der Waals surface area (Å²) in [5, 5.41) is 2.95. The summed E-state index contributed by atoms with van der Waals surface area (Å²) in [4.78, 5) is 0. The number of hydrogen-bond donors (Lipinski definition) is 1. The van der Waals surface area contributed by atoms with Gasteiger partial charge in [0.15, 0.2) is 5.67 Å². The predicted octanol–water partition coefficient (Wildman–Crippen LogP) is 1.76. The minimum absolute atomic E-state index is 0.456. The van der Waals surface area contributed by atoms with Gasteiger partial charge in [-0.15, -0.1) is 0 Å². The first-order chi connectivity index (χ1) is 5.72. The Hall–Kier alpha value is -0.890. The lowest BCUT2D eigenvalue weighted by Gasteiger charge is -2.36. The van der Waals surface area contributed by atoms with Gasteiger partial charge >= 0.3 is 0 Å². The Labute approximate surface area is 71.6 Å². The smallest absolute Gasteiger partial charge is 0.160 e. The Kier molecular flexibility index (Phi) is 1.65. The second-order valence-electron chi connectivity index (χ2n) is 3.38. The first-order valence-electron chi connectivity index (χ1n) is 4.18. The molecule has 0 atom stereocenters. The SMILES string of the molecule is Cc1ccccc1C1(F)CNC1. The summed E-state index contributed by atoms with van der Waals surface area (Å²) in [5.41, 5.74) is 0.774. The zero-order valence-corrected chi connectivity index (χ0v) is 7.10. The topological polar surface area (TPSA) is 12.0 Å². The van der Waals surface area contributed by atoms with Crippen LogP contribution in [0.3, 0.4) is 0 Å². The normalized spacial score (nSPS) is 20.2. The van der Waals surface area contributed by atoms with Gasteiger partial charge in [-0.1, -0.05) is 24.3 Å². The molecule has 1 aliphatic rings. The third kappa shape index (κ3) is 1.03. The van der Waals surface area contributed by atoms with Crippen LogP contribution in [0.25, 0.3) is 0 Å². The van der Waals surface area contributed by atoms with Crippen LogP contribution in [0.5, 0.6) is 0 Å². The molecule has 2 rings (SSSR count). The van der Waals surface area contributed by atoms with Gasteiger partial charge in [-0.25, -0.2) is 4.39 Å². The van der Waals surface area contributed by atoms with Crippen LogP contribution in [0.4, 0.5) is 4.39 Å². The highest BCUT2D eigenvalue weighted by Gasteiger charge is 2.39. The van der Waals surface area contributed by atoms with Gasteiger partial charge in [0.25, 0.3) is 0 Å². The summed E-state index contributed by atoms with van der Waals surface area (Å²) in [6, 6.07) is 7.65. The van der Waals surface area contributed by atoms with Crippen molar-refractivity contribution in [3.8, 4) is 0 Å². The number of halogens is 1. The lowest BCUT2D eigenvalue weighted by Crippen LogP contribution is -2.53. The molecule has 2 heteroatoms. The maximum atomic E-state index is 13.8. The molecule has 1 aromatic carbocycles. The van der Waals surface area contributed by atoms with E-state index in [0.717, 1.165) is 11.1 Å². The number of rotatable bonds is 1. The molecule has 64 valence electrons. The summed E-state index contributed by atoms with van der Waals surface area (Å²) >= 11 is 0. The average Bonchev–Trinajstić information content (AvgIpc) is 2.01. The lowest BCUT2D eigenvalue weighted by atomic mass is 9.87. The maximum Gasteiger partial charge on any atom is 0.160 e. The third-order valence-corrected chi connectivity index (χ3v) is 2.44. The number of benzene rings is 1. The molecular formula is C10H12FN. The van der Waals surface area contributed by atoms with Gasteiger partial charge < -0.3 is 5.32 Å². The molecule has 0 aliphatic carbocycles. The monoisotopic (exact) mass is 165 g/mol. The van der Waals surface area contributed by atoms with Crippen molar-refractivity contribution in [3.63, 3.8) is 0 Å². The van der Waals surface area contributed by atoms with Gasteiger partial charge in [0, 0.05) is 13.1 Å². The van der Waals surface area contributed by atoms with Crippen molar-refractivity contribution in [2.75, 3.05) is 13.1 Å². The maximum absolute atomic E-state index is 13.8.